The molecular weight excluding hydrogens is 456 g/mol. The Kier molecular flexibility index (Phi) is 6.21. The van der Waals surface area contributed by atoms with Gasteiger partial charge in [0.05, 0.1) is 40.5 Å². The smallest absolute Gasteiger partial charge is 0.254 e. The maximum atomic E-state index is 13.7. The number of fused-ring (bicyclic) bond motifs is 1. The van der Waals surface area contributed by atoms with Crippen LogP contribution < -0.4 is 0 Å². The number of pyridine rings is 1. The Labute approximate surface area is 208 Å². The minimum Gasteiger partial charge on any atom is -0.337 e. The second kappa shape index (κ2) is 9.46. The van der Waals surface area contributed by atoms with Gasteiger partial charge in [0.2, 0.25) is 0 Å². The lowest BCUT2D eigenvalue weighted by molar-refractivity contribution is 0.0787. The zero-order valence-corrected chi connectivity index (χ0v) is 21.2. The summed E-state index contributed by atoms with van der Waals surface area (Å²) in [4.78, 5) is 22.5. The van der Waals surface area contributed by atoms with E-state index in [2.05, 4.69) is 55.2 Å². The standard InChI is InChI=1S/C27H28N6OS/c1-18(2)33-26-23(14-29-33)22(12-24(30-26)25-11-10-19(3)35-25)27(34)31(4)15-21-13-28-32(17-21)16-20-8-6-5-7-9-20/h5-14,17-18H,15-16H2,1-4H3. The summed E-state index contributed by atoms with van der Waals surface area (Å²) in [6.45, 7) is 7.36. The quantitative estimate of drug-likeness (QED) is 0.303. The van der Waals surface area contributed by atoms with Crippen LogP contribution in [0.4, 0.5) is 0 Å². The molecule has 5 aromatic rings. The van der Waals surface area contributed by atoms with Crippen LogP contribution in [0.15, 0.2) is 67.1 Å². The molecule has 0 aliphatic carbocycles. The number of thiophene rings is 1. The molecule has 1 aromatic carbocycles. The van der Waals surface area contributed by atoms with Crippen molar-refractivity contribution in [3.63, 3.8) is 0 Å². The lowest BCUT2D eigenvalue weighted by atomic mass is 10.1. The number of hydrogen-bond donors (Lipinski definition) is 0. The highest BCUT2D eigenvalue weighted by Gasteiger charge is 2.22. The first-order valence-electron chi connectivity index (χ1n) is 11.6. The number of hydrogen-bond acceptors (Lipinski definition) is 5. The van der Waals surface area contributed by atoms with Crippen molar-refractivity contribution in [2.24, 2.45) is 0 Å². The van der Waals surface area contributed by atoms with Gasteiger partial charge in [-0.1, -0.05) is 30.3 Å². The first-order valence-corrected chi connectivity index (χ1v) is 12.5. The molecule has 0 unspecified atom stereocenters. The minimum atomic E-state index is -0.0638. The Morgan fingerprint density at radius 2 is 1.86 bits per heavy atom. The molecule has 0 saturated carbocycles. The molecule has 0 atom stereocenters. The van der Waals surface area contributed by atoms with E-state index < -0.39 is 0 Å². The van der Waals surface area contributed by atoms with Gasteiger partial charge in [-0.3, -0.25) is 9.48 Å². The van der Waals surface area contributed by atoms with Gasteiger partial charge in [-0.2, -0.15) is 10.2 Å². The minimum absolute atomic E-state index is 0.0638. The average molecular weight is 485 g/mol. The molecule has 0 bridgehead atoms. The second-order valence-electron chi connectivity index (χ2n) is 9.08. The molecule has 5 rings (SSSR count). The molecule has 7 nitrogen and oxygen atoms in total. The lowest BCUT2D eigenvalue weighted by Crippen LogP contribution is -2.26. The third-order valence-electron chi connectivity index (χ3n) is 5.92. The SMILES string of the molecule is Cc1ccc(-c2cc(C(=O)N(C)Cc3cnn(Cc4ccccc4)c3)c3cnn(C(C)C)c3n2)s1. The molecule has 0 saturated heterocycles. The highest BCUT2D eigenvalue weighted by atomic mass is 32.1. The molecule has 0 fully saturated rings. The van der Waals surface area contributed by atoms with Crippen LogP contribution in [0, 0.1) is 6.92 Å². The molecule has 0 spiro atoms. The zero-order chi connectivity index (χ0) is 24.5. The monoisotopic (exact) mass is 484 g/mol. The van der Waals surface area contributed by atoms with Gasteiger partial charge in [0.15, 0.2) is 5.65 Å². The summed E-state index contributed by atoms with van der Waals surface area (Å²) >= 11 is 1.67. The van der Waals surface area contributed by atoms with E-state index in [0.717, 1.165) is 27.2 Å². The van der Waals surface area contributed by atoms with Crippen molar-refractivity contribution in [3.8, 4) is 10.6 Å². The normalized spacial score (nSPS) is 11.5. The third-order valence-corrected chi connectivity index (χ3v) is 6.94. The van der Waals surface area contributed by atoms with E-state index in [1.54, 1.807) is 22.4 Å². The summed E-state index contributed by atoms with van der Waals surface area (Å²) in [5, 5.41) is 9.79. The van der Waals surface area contributed by atoms with Gasteiger partial charge >= 0.3 is 0 Å². The number of carbonyl (C=O) groups is 1. The number of aromatic nitrogens is 5. The molecule has 0 aliphatic rings. The largest absolute Gasteiger partial charge is 0.337 e. The van der Waals surface area contributed by atoms with Gasteiger partial charge in [0, 0.05) is 36.3 Å². The van der Waals surface area contributed by atoms with E-state index in [0.29, 0.717) is 18.7 Å². The molecule has 35 heavy (non-hydrogen) atoms. The van der Waals surface area contributed by atoms with E-state index in [1.807, 2.05) is 53.1 Å². The number of carbonyl (C=O) groups excluding carboxylic acids is 1. The summed E-state index contributed by atoms with van der Waals surface area (Å²) < 4.78 is 3.78. The van der Waals surface area contributed by atoms with Crippen LogP contribution in [-0.4, -0.2) is 42.4 Å². The highest BCUT2D eigenvalue weighted by molar-refractivity contribution is 7.15. The van der Waals surface area contributed by atoms with E-state index in [-0.39, 0.29) is 11.9 Å². The third kappa shape index (κ3) is 4.74. The van der Waals surface area contributed by atoms with Crippen LogP contribution >= 0.6 is 11.3 Å². The number of benzene rings is 1. The summed E-state index contributed by atoms with van der Waals surface area (Å²) in [5.74, 6) is -0.0638. The molecule has 178 valence electrons. The molecular formula is C27H28N6OS. The van der Waals surface area contributed by atoms with Crippen molar-refractivity contribution in [1.82, 2.24) is 29.4 Å². The van der Waals surface area contributed by atoms with Crippen molar-refractivity contribution < 1.29 is 4.79 Å². The summed E-state index contributed by atoms with van der Waals surface area (Å²) in [5.41, 5.74) is 4.31. The summed E-state index contributed by atoms with van der Waals surface area (Å²) in [6, 6.07) is 16.4. The predicted octanol–water partition coefficient (Wildman–Crippen LogP) is 5.57. The molecule has 0 N–H and O–H groups in total. The fraction of sp³-hybridized carbons (Fsp3) is 0.259. The van der Waals surface area contributed by atoms with E-state index >= 15 is 0 Å². The Morgan fingerprint density at radius 1 is 1.06 bits per heavy atom. The Balaban J connectivity index is 1.44. The number of aryl methyl sites for hydroxylation is 1. The topological polar surface area (TPSA) is 68.8 Å². The van der Waals surface area contributed by atoms with E-state index in [4.69, 9.17) is 4.98 Å². The number of nitrogens with zero attached hydrogens (tertiary/aromatic N) is 6. The predicted molar refractivity (Wildman–Crippen MR) is 140 cm³/mol. The van der Waals surface area contributed by atoms with E-state index in [9.17, 15) is 4.79 Å². The van der Waals surface area contributed by atoms with Gasteiger partial charge in [-0.05, 0) is 44.5 Å². The first kappa shape index (κ1) is 23.0. The van der Waals surface area contributed by atoms with Crippen LogP contribution in [0.1, 0.15) is 46.3 Å². The van der Waals surface area contributed by atoms with Gasteiger partial charge < -0.3 is 4.90 Å². The van der Waals surface area contributed by atoms with Crippen molar-refractivity contribution in [3.05, 3.63) is 88.7 Å². The van der Waals surface area contributed by atoms with Gasteiger partial charge in [0.1, 0.15) is 0 Å². The summed E-state index contributed by atoms with van der Waals surface area (Å²) in [7, 11) is 1.82. The molecule has 1 amide bonds. The van der Waals surface area contributed by atoms with Crippen molar-refractivity contribution in [1.29, 1.82) is 0 Å². The highest BCUT2D eigenvalue weighted by Crippen LogP contribution is 2.31. The van der Waals surface area contributed by atoms with Crippen LogP contribution in [0.3, 0.4) is 0 Å². The maximum Gasteiger partial charge on any atom is 0.254 e. The van der Waals surface area contributed by atoms with Crippen molar-refractivity contribution >= 4 is 28.3 Å². The fourth-order valence-electron chi connectivity index (χ4n) is 4.17. The number of rotatable bonds is 7. The van der Waals surface area contributed by atoms with Gasteiger partial charge in [-0.15, -0.1) is 11.3 Å². The maximum absolute atomic E-state index is 13.7. The Bertz CT molecular complexity index is 1480. The average Bonchev–Trinajstić information content (AvgIpc) is 3.58. The van der Waals surface area contributed by atoms with Crippen molar-refractivity contribution in [2.45, 2.75) is 39.9 Å². The first-order chi connectivity index (χ1) is 16.9. The molecule has 4 heterocycles. The molecule has 8 heteroatoms. The number of amides is 1. The van der Waals surface area contributed by atoms with Gasteiger partial charge in [-0.25, -0.2) is 9.67 Å². The van der Waals surface area contributed by atoms with Crippen LogP contribution in [0.25, 0.3) is 21.6 Å². The molecule has 0 radical (unpaired) electrons. The second-order valence-corrected chi connectivity index (χ2v) is 10.4. The molecule has 4 aromatic heterocycles. The fourth-order valence-corrected chi connectivity index (χ4v) is 5.00. The van der Waals surface area contributed by atoms with Crippen LogP contribution in [0.5, 0.6) is 0 Å². The Hall–Kier alpha value is -3.78. The van der Waals surface area contributed by atoms with Crippen molar-refractivity contribution in [2.75, 3.05) is 7.05 Å². The van der Waals surface area contributed by atoms with Crippen LogP contribution in [0.2, 0.25) is 0 Å². The lowest BCUT2D eigenvalue weighted by Gasteiger charge is -2.17. The molecule has 0 aliphatic heterocycles. The zero-order valence-electron chi connectivity index (χ0n) is 20.3. The van der Waals surface area contributed by atoms with E-state index in [1.165, 1.54) is 10.4 Å². The van der Waals surface area contributed by atoms with Crippen LogP contribution in [-0.2, 0) is 13.1 Å². The Morgan fingerprint density at radius 3 is 2.57 bits per heavy atom. The summed E-state index contributed by atoms with van der Waals surface area (Å²) in [6.07, 6.45) is 5.58. The van der Waals surface area contributed by atoms with Gasteiger partial charge in [0.25, 0.3) is 5.91 Å².